The highest BCUT2D eigenvalue weighted by Crippen LogP contribution is 2.28. The molecule has 33 heavy (non-hydrogen) atoms. The first-order valence-corrected chi connectivity index (χ1v) is 12.3. The van der Waals surface area contributed by atoms with Gasteiger partial charge in [0.25, 0.3) is 5.91 Å². The minimum absolute atomic E-state index is 0.0273. The number of rotatable bonds is 9. The first-order chi connectivity index (χ1) is 15.7. The second kappa shape index (κ2) is 10.7. The fourth-order valence-electron chi connectivity index (χ4n) is 3.56. The molecule has 1 heterocycles. The third kappa shape index (κ3) is 6.02. The first kappa shape index (κ1) is 24.5. The summed E-state index contributed by atoms with van der Waals surface area (Å²) in [5.74, 6) is -0.201. The van der Waals surface area contributed by atoms with Crippen molar-refractivity contribution >= 4 is 33.2 Å². The van der Waals surface area contributed by atoms with E-state index >= 15 is 0 Å². The Morgan fingerprint density at radius 3 is 2.33 bits per heavy atom. The monoisotopic (exact) mass is 474 g/mol. The highest BCUT2D eigenvalue weighted by molar-refractivity contribution is 7.89. The van der Waals surface area contributed by atoms with Crippen molar-refractivity contribution in [1.82, 2.24) is 9.62 Å². The van der Waals surface area contributed by atoms with Crippen molar-refractivity contribution in [2.75, 3.05) is 50.6 Å². The maximum atomic E-state index is 13.0. The van der Waals surface area contributed by atoms with Gasteiger partial charge in [0.05, 0.1) is 23.6 Å². The Kier molecular flexibility index (Phi) is 7.93. The molecular weight excluding hydrogens is 444 g/mol. The molecule has 1 aliphatic rings. The van der Waals surface area contributed by atoms with Gasteiger partial charge in [0.2, 0.25) is 15.9 Å². The summed E-state index contributed by atoms with van der Waals surface area (Å²) < 4.78 is 31.6. The molecular formula is C23H30N4O5S. The summed E-state index contributed by atoms with van der Waals surface area (Å²) >= 11 is 0. The number of ether oxygens (including phenoxy) is 1. The summed E-state index contributed by atoms with van der Waals surface area (Å²) in [5, 5.41) is 5.33. The summed E-state index contributed by atoms with van der Waals surface area (Å²) in [6, 6.07) is 11.5. The molecule has 2 aromatic rings. The quantitative estimate of drug-likeness (QED) is 0.577. The fourth-order valence-corrected chi connectivity index (χ4v) is 4.49. The first-order valence-electron chi connectivity index (χ1n) is 10.8. The van der Waals surface area contributed by atoms with Crippen LogP contribution in [0, 0.1) is 0 Å². The number of anilines is 2. The number of hydrogen-bond acceptors (Lipinski definition) is 6. The lowest BCUT2D eigenvalue weighted by molar-refractivity contribution is -0.115. The Morgan fingerprint density at radius 2 is 1.73 bits per heavy atom. The van der Waals surface area contributed by atoms with Crippen LogP contribution in [0.2, 0.25) is 0 Å². The minimum atomic E-state index is -3.71. The van der Waals surface area contributed by atoms with Crippen LogP contribution >= 0.6 is 0 Å². The van der Waals surface area contributed by atoms with E-state index in [4.69, 9.17) is 4.74 Å². The highest BCUT2D eigenvalue weighted by Gasteiger charge is 2.24. The maximum absolute atomic E-state index is 13.0. The number of nitrogens with zero attached hydrogens (tertiary/aromatic N) is 2. The third-order valence-corrected chi connectivity index (χ3v) is 7.11. The van der Waals surface area contributed by atoms with Crippen molar-refractivity contribution in [2.45, 2.75) is 24.7 Å². The lowest BCUT2D eigenvalue weighted by atomic mass is 10.1. The molecule has 1 saturated heterocycles. The summed E-state index contributed by atoms with van der Waals surface area (Å²) in [7, 11) is -0.829. The van der Waals surface area contributed by atoms with Crippen LogP contribution in [0.1, 0.15) is 30.1 Å². The minimum Gasteiger partial charge on any atom is -0.494 e. The molecule has 10 heteroatoms. The van der Waals surface area contributed by atoms with Crippen LogP contribution in [-0.4, -0.2) is 64.9 Å². The molecule has 0 unspecified atom stereocenters. The molecule has 3 rings (SSSR count). The smallest absolute Gasteiger partial charge is 0.253 e. The lowest BCUT2D eigenvalue weighted by Gasteiger charge is -2.22. The molecule has 0 spiro atoms. The van der Waals surface area contributed by atoms with E-state index < -0.39 is 21.8 Å². The topological polar surface area (TPSA) is 108 Å². The average molecular weight is 475 g/mol. The van der Waals surface area contributed by atoms with Gasteiger partial charge >= 0.3 is 0 Å². The van der Waals surface area contributed by atoms with E-state index in [9.17, 15) is 18.0 Å². The van der Waals surface area contributed by atoms with Gasteiger partial charge in [-0.2, -0.15) is 0 Å². The normalized spacial score (nSPS) is 13.8. The molecule has 0 aromatic heterocycles. The largest absolute Gasteiger partial charge is 0.494 e. The van der Waals surface area contributed by atoms with Gasteiger partial charge in [-0.3, -0.25) is 9.59 Å². The predicted octanol–water partition coefficient (Wildman–Crippen LogP) is 2.30. The Hall–Kier alpha value is -3.11. The SMILES string of the molecule is CCOc1ccc(NC(=O)CNC(=O)c2cc(S(=O)(=O)N(C)C)ccc2N2CCCC2)cc1. The van der Waals surface area contributed by atoms with E-state index in [2.05, 4.69) is 15.5 Å². The number of carbonyl (C=O) groups excluding carboxylic acids is 2. The highest BCUT2D eigenvalue weighted by atomic mass is 32.2. The number of nitrogens with one attached hydrogen (secondary N) is 2. The van der Waals surface area contributed by atoms with Crippen LogP contribution in [0.5, 0.6) is 5.75 Å². The molecule has 2 N–H and O–H groups in total. The van der Waals surface area contributed by atoms with Crippen molar-refractivity contribution in [3.8, 4) is 5.75 Å². The summed E-state index contributed by atoms with van der Waals surface area (Å²) in [6.07, 6.45) is 2.01. The van der Waals surface area contributed by atoms with E-state index in [1.165, 1.54) is 26.2 Å². The van der Waals surface area contributed by atoms with Gasteiger partial charge in [0.15, 0.2) is 0 Å². The molecule has 1 fully saturated rings. The van der Waals surface area contributed by atoms with Crippen LogP contribution in [0.15, 0.2) is 47.4 Å². The van der Waals surface area contributed by atoms with Gasteiger partial charge in [-0.25, -0.2) is 12.7 Å². The molecule has 0 atom stereocenters. The van der Waals surface area contributed by atoms with Gasteiger partial charge in [0.1, 0.15) is 5.75 Å². The number of benzene rings is 2. The average Bonchev–Trinajstić information content (AvgIpc) is 3.33. The zero-order valence-electron chi connectivity index (χ0n) is 19.1. The Morgan fingerprint density at radius 1 is 1.06 bits per heavy atom. The Balaban J connectivity index is 1.73. The van der Waals surface area contributed by atoms with Crippen molar-refractivity contribution < 1.29 is 22.7 Å². The molecule has 2 amide bonds. The number of amides is 2. The van der Waals surface area contributed by atoms with Gasteiger partial charge in [-0.15, -0.1) is 0 Å². The summed E-state index contributed by atoms with van der Waals surface area (Å²) in [6.45, 7) is 3.76. The van der Waals surface area contributed by atoms with Crippen LogP contribution in [0.25, 0.3) is 0 Å². The molecule has 1 aliphatic heterocycles. The van der Waals surface area contributed by atoms with E-state index in [-0.39, 0.29) is 17.0 Å². The van der Waals surface area contributed by atoms with Gasteiger partial charge in [-0.1, -0.05) is 0 Å². The Bertz CT molecular complexity index is 1090. The molecule has 0 saturated carbocycles. The predicted molar refractivity (Wildman–Crippen MR) is 127 cm³/mol. The second-order valence-corrected chi connectivity index (χ2v) is 10.0. The van der Waals surface area contributed by atoms with Gasteiger partial charge < -0.3 is 20.3 Å². The molecule has 9 nitrogen and oxygen atoms in total. The van der Waals surface area contributed by atoms with E-state index in [1.54, 1.807) is 30.3 Å². The van der Waals surface area contributed by atoms with Crippen molar-refractivity contribution in [3.63, 3.8) is 0 Å². The number of sulfonamides is 1. The second-order valence-electron chi connectivity index (χ2n) is 7.85. The molecule has 0 aliphatic carbocycles. The van der Waals surface area contributed by atoms with E-state index in [0.717, 1.165) is 30.2 Å². The van der Waals surface area contributed by atoms with E-state index in [0.29, 0.717) is 23.7 Å². The fraction of sp³-hybridized carbons (Fsp3) is 0.391. The standard InChI is InChI=1S/C23H30N4O5S/c1-4-32-18-9-7-17(8-10-18)25-22(28)16-24-23(29)20-15-19(33(30,31)26(2)3)11-12-21(20)27-13-5-6-14-27/h7-12,15H,4-6,13-14,16H2,1-3H3,(H,24,29)(H,25,28). The van der Waals surface area contributed by atoms with Crippen molar-refractivity contribution in [1.29, 1.82) is 0 Å². The zero-order valence-corrected chi connectivity index (χ0v) is 19.9. The molecule has 2 aromatic carbocycles. The third-order valence-electron chi connectivity index (χ3n) is 5.30. The number of carbonyl (C=O) groups is 2. The maximum Gasteiger partial charge on any atom is 0.253 e. The molecule has 0 bridgehead atoms. The van der Waals surface area contributed by atoms with Crippen molar-refractivity contribution in [3.05, 3.63) is 48.0 Å². The number of hydrogen-bond donors (Lipinski definition) is 2. The van der Waals surface area contributed by atoms with Crippen molar-refractivity contribution in [2.24, 2.45) is 0 Å². The molecule has 0 radical (unpaired) electrons. The lowest BCUT2D eigenvalue weighted by Crippen LogP contribution is -2.34. The van der Waals surface area contributed by atoms with Crippen LogP contribution < -0.4 is 20.3 Å². The van der Waals surface area contributed by atoms with Crippen LogP contribution in [-0.2, 0) is 14.8 Å². The summed E-state index contributed by atoms with van der Waals surface area (Å²) in [5.41, 5.74) is 1.47. The van der Waals surface area contributed by atoms with Gasteiger partial charge in [-0.05, 0) is 62.2 Å². The van der Waals surface area contributed by atoms with Crippen LogP contribution in [0.3, 0.4) is 0 Å². The van der Waals surface area contributed by atoms with Crippen LogP contribution in [0.4, 0.5) is 11.4 Å². The molecule has 178 valence electrons. The Labute approximate surface area is 194 Å². The summed E-state index contributed by atoms with van der Waals surface area (Å²) in [4.78, 5) is 27.4. The van der Waals surface area contributed by atoms with Gasteiger partial charge in [0, 0.05) is 38.6 Å². The zero-order chi connectivity index (χ0) is 24.0. The van der Waals surface area contributed by atoms with E-state index in [1.807, 2.05) is 6.92 Å².